The number of hydrogen-bond donors (Lipinski definition) is 2. The second-order valence-corrected chi connectivity index (χ2v) is 6.63. The van der Waals surface area contributed by atoms with Gasteiger partial charge in [0.05, 0.1) is 5.69 Å². The van der Waals surface area contributed by atoms with Crippen LogP contribution in [0.15, 0.2) is 52.3 Å². The van der Waals surface area contributed by atoms with Gasteiger partial charge in [0.25, 0.3) is 5.56 Å². The van der Waals surface area contributed by atoms with E-state index in [0.717, 1.165) is 0 Å². The van der Waals surface area contributed by atoms with E-state index in [4.69, 9.17) is 23.8 Å². The lowest BCUT2D eigenvalue weighted by Crippen LogP contribution is -2.16. The Hall–Kier alpha value is -3.03. The van der Waals surface area contributed by atoms with Crippen molar-refractivity contribution in [3.63, 3.8) is 0 Å². The summed E-state index contributed by atoms with van der Waals surface area (Å²) >= 11 is 11.1. The number of fused-ring (bicyclic) bond motifs is 1. The first-order valence-electron chi connectivity index (χ1n) is 7.84. The van der Waals surface area contributed by atoms with Gasteiger partial charge in [0.1, 0.15) is 17.1 Å². The fraction of sp³-hybridized carbons (Fsp3) is 0. The Morgan fingerprint density at radius 2 is 1.96 bits per heavy atom. The average molecular weight is 400 g/mol. The lowest BCUT2D eigenvalue weighted by Gasteiger charge is -2.12. The summed E-state index contributed by atoms with van der Waals surface area (Å²) in [5.74, 6) is -0.792. The summed E-state index contributed by atoms with van der Waals surface area (Å²) in [6.07, 6.45) is 2.89. The van der Waals surface area contributed by atoms with E-state index in [1.807, 2.05) is 0 Å². The Morgan fingerprint density at radius 1 is 1.22 bits per heavy atom. The van der Waals surface area contributed by atoms with Crippen molar-refractivity contribution < 1.29 is 9.50 Å². The highest BCUT2D eigenvalue weighted by molar-refractivity contribution is 7.71. The molecule has 0 spiro atoms. The molecule has 0 radical (unpaired) electrons. The molecule has 2 N–H and O–H groups in total. The third-order valence-electron chi connectivity index (χ3n) is 4.14. The van der Waals surface area contributed by atoms with Crippen molar-refractivity contribution in [2.45, 2.75) is 0 Å². The molecule has 27 heavy (non-hydrogen) atoms. The van der Waals surface area contributed by atoms with Crippen molar-refractivity contribution in [3.05, 3.63) is 79.6 Å². The molecule has 0 atom stereocenters. The van der Waals surface area contributed by atoms with Crippen LogP contribution >= 0.6 is 23.8 Å². The highest BCUT2D eigenvalue weighted by Gasteiger charge is 2.18. The van der Waals surface area contributed by atoms with E-state index in [1.165, 1.54) is 22.9 Å². The molecule has 0 amide bonds. The van der Waals surface area contributed by atoms with Gasteiger partial charge in [-0.05, 0) is 48.6 Å². The molecule has 134 valence electrons. The second-order valence-electron chi connectivity index (χ2n) is 5.80. The van der Waals surface area contributed by atoms with Crippen LogP contribution < -0.4 is 5.56 Å². The zero-order valence-electron chi connectivity index (χ0n) is 13.6. The molecule has 8 heteroatoms. The molecule has 1 aliphatic rings. The summed E-state index contributed by atoms with van der Waals surface area (Å²) in [5.41, 5.74) is 1.19. The Morgan fingerprint density at radius 3 is 2.70 bits per heavy atom. The molecule has 0 aliphatic carbocycles. The Kier molecular flexibility index (Phi) is 4.25. The molecule has 0 saturated heterocycles. The van der Waals surface area contributed by atoms with Gasteiger partial charge in [-0.2, -0.15) is 0 Å². The van der Waals surface area contributed by atoms with Crippen LogP contribution in [0.2, 0.25) is 5.02 Å². The van der Waals surface area contributed by atoms with Crippen molar-refractivity contribution >= 4 is 47.4 Å². The predicted octanol–water partition coefficient (Wildman–Crippen LogP) is 4.65. The van der Waals surface area contributed by atoms with Gasteiger partial charge in [0.15, 0.2) is 4.77 Å². The summed E-state index contributed by atoms with van der Waals surface area (Å²) in [7, 11) is 0. The van der Waals surface area contributed by atoms with E-state index in [1.54, 1.807) is 36.4 Å². The van der Waals surface area contributed by atoms with Gasteiger partial charge in [-0.15, -0.1) is 0 Å². The molecular formula is C19H11ClFN3O2S. The van der Waals surface area contributed by atoms with Crippen molar-refractivity contribution in [1.82, 2.24) is 9.55 Å². The molecule has 3 aromatic rings. The van der Waals surface area contributed by atoms with Crippen molar-refractivity contribution in [3.8, 4) is 11.6 Å². The number of aromatic nitrogens is 2. The number of H-pyrrole nitrogens is 1. The molecule has 0 fully saturated rings. The Labute approximate surface area is 162 Å². The maximum atomic E-state index is 13.8. The number of aromatic amines is 1. The number of allylic oxidation sites excluding steroid dienone is 1. The maximum Gasteiger partial charge on any atom is 0.262 e. The second kappa shape index (κ2) is 6.61. The summed E-state index contributed by atoms with van der Waals surface area (Å²) in [5, 5.41) is 11.2. The van der Waals surface area contributed by atoms with E-state index >= 15 is 0 Å². The van der Waals surface area contributed by atoms with Gasteiger partial charge in [-0.1, -0.05) is 23.7 Å². The van der Waals surface area contributed by atoms with E-state index in [0.29, 0.717) is 21.8 Å². The minimum Gasteiger partial charge on any atom is -0.494 e. The molecule has 5 nitrogen and oxygen atoms in total. The van der Waals surface area contributed by atoms with Crippen LogP contribution in [0.4, 0.5) is 10.1 Å². The number of para-hydroxylation sites is 1. The average Bonchev–Trinajstić information content (AvgIpc) is 3.04. The molecule has 2 heterocycles. The molecule has 4 rings (SSSR count). The van der Waals surface area contributed by atoms with Crippen LogP contribution in [0.1, 0.15) is 11.1 Å². The van der Waals surface area contributed by atoms with Gasteiger partial charge in [0.2, 0.25) is 5.88 Å². The fourth-order valence-corrected chi connectivity index (χ4v) is 3.26. The smallest absolute Gasteiger partial charge is 0.262 e. The van der Waals surface area contributed by atoms with Crippen LogP contribution in [-0.2, 0) is 0 Å². The monoisotopic (exact) mass is 399 g/mol. The zero-order valence-corrected chi connectivity index (χ0v) is 15.2. The first-order chi connectivity index (χ1) is 13.0. The summed E-state index contributed by atoms with van der Waals surface area (Å²) < 4.78 is 15.2. The fourth-order valence-electron chi connectivity index (χ4n) is 2.85. The molecule has 0 unspecified atom stereocenters. The van der Waals surface area contributed by atoms with Gasteiger partial charge in [-0.25, -0.2) is 4.39 Å². The molecular weight excluding hydrogens is 389 g/mol. The van der Waals surface area contributed by atoms with E-state index in [9.17, 15) is 14.3 Å². The molecule has 1 aromatic heterocycles. The number of aromatic hydroxyl groups is 1. The third kappa shape index (κ3) is 3.01. The van der Waals surface area contributed by atoms with Crippen LogP contribution in [-0.4, -0.2) is 20.9 Å². The first kappa shape index (κ1) is 17.4. The third-order valence-corrected chi connectivity index (χ3v) is 4.67. The summed E-state index contributed by atoms with van der Waals surface area (Å²) in [6, 6.07) is 11.2. The van der Waals surface area contributed by atoms with E-state index in [2.05, 4.69) is 9.98 Å². The Balaban J connectivity index is 1.91. The molecule has 1 aliphatic heterocycles. The van der Waals surface area contributed by atoms with Crippen molar-refractivity contribution in [1.29, 1.82) is 0 Å². The molecule has 2 aromatic carbocycles. The predicted molar refractivity (Wildman–Crippen MR) is 106 cm³/mol. The van der Waals surface area contributed by atoms with Gasteiger partial charge in [0, 0.05) is 22.4 Å². The minimum atomic E-state index is -0.562. The summed E-state index contributed by atoms with van der Waals surface area (Å²) in [4.78, 5) is 19.0. The van der Waals surface area contributed by atoms with Gasteiger partial charge >= 0.3 is 0 Å². The number of rotatable bonds is 2. The maximum absolute atomic E-state index is 13.8. The van der Waals surface area contributed by atoms with Gasteiger partial charge < -0.3 is 5.11 Å². The number of aliphatic imine (C=N–C) groups is 1. The lowest BCUT2D eigenvalue weighted by molar-refractivity contribution is 0.432. The van der Waals surface area contributed by atoms with Crippen LogP contribution in [0, 0.1) is 10.6 Å². The summed E-state index contributed by atoms with van der Waals surface area (Å²) in [6.45, 7) is 0. The number of hydrogen-bond acceptors (Lipinski definition) is 4. The number of nitrogens with zero attached hydrogens (tertiary/aromatic N) is 2. The SMILES string of the molecule is O=c1[nH]c(=S)n(-c2ccc(Cl)cc2)c(O)c1C=C1C=Nc2c(F)cccc21. The lowest BCUT2D eigenvalue weighted by atomic mass is 10.0. The van der Waals surface area contributed by atoms with Crippen molar-refractivity contribution in [2.24, 2.45) is 4.99 Å². The van der Waals surface area contributed by atoms with E-state index in [-0.39, 0.29) is 21.9 Å². The quantitative estimate of drug-likeness (QED) is 0.616. The highest BCUT2D eigenvalue weighted by atomic mass is 35.5. The normalized spacial score (nSPS) is 13.9. The number of nitrogens with one attached hydrogen (secondary N) is 1. The van der Waals surface area contributed by atoms with Crippen LogP contribution in [0.5, 0.6) is 5.88 Å². The molecule has 0 bridgehead atoms. The van der Waals surface area contributed by atoms with Crippen molar-refractivity contribution in [2.75, 3.05) is 0 Å². The number of benzene rings is 2. The van der Waals surface area contributed by atoms with Crippen LogP contribution in [0.25, 0.3) is 17.3 Å². The molecule has 0 saturated carbocycles. The highest BCUT2D eigenvalue weighted by Crippen LogP contribution is 2.35. The van der Waals surface area contributed by atoms with Gasteiger partial charge in [-0.3, -0.25) is 19.3 Å². The first-order valence-corrected chi connectivity index (χ1v) is 8.63. The largest absolute Gasteiger partial charge is 0.494 e. The number of halogens is 2. The zero-order chi connectivity index (χ0) is 19.1. The standard InChI is InChI=1S/C19H11ClFN3O2S/c20-11-4-6-12(7-5-11)24-18(26)14(17(25)23-19(24)27)8-10-9-22-16-13(10)2-1-3-15(16)21/h1-9,26H,(H,23,25,27). The van der Waals surface area contributed by atoms with E-state index < -0.39 is 11.4 Å². The Bertz CT molecular complexity index is 1240. The van der Waals surface area contributed by atoms with Crippen LogP contribution in [0.3, 0.4) is 0 Å². The topological polar surface area (TPSA) is 70.4 Å². The minimum absolute atomic E-state index is 0.0166.